The van der Waals surface area contributed by atoms with E-state index in [1.54, 1.807) is 24.3 Å². The van der Waals surface area contributed by atoms with Crippen LogP contribution in [0.1, 0.15) is 27.3 Å². The highest BCUT2D eigenvalue weighted by Crippen LogP contribution is 2.25. The quantitative estimate of drug-likeness (QED) is 0.397. The second kappa shape index (κ2) is 9.78. The standard InChI is InChI=1S/C24H25NO5/c1-17-13-20(18(2)25(17)14-19-9-5-4-6-10-19)21(26)15-30-24(27)16-29-23-12-8-7-11-22(23)28-3/h4-13H,14-16H2,1-3H3. The van der Waals surface area contributed by atoms with Crippen LogP contribution in [0.2, 0.25) is 0 Å². The van der Waals surface area contributed by atoms with Gasteiger partial charge >= 0.3 is 5.97 Å². The second-order valence-corrected chi connectivity index (χ2v) is 6.88. The van der Waals surface area contributed by atoms with Crippen molar-refractivity contribution < 1.29 is 23.8 Å². The topological polar surface area (TPSA) is 66.8 Å². The fraction of sp³-hybridized carbons (Fsp3) is 0.250. The van der Waals surface area contributed by atoms with Gasteiger partial charge in [0.05, 0.1) is 7.11 Å². The van der Waals surface area contributed by atoms with Crippen molar-refractivity contribution in [2.24, 2.45) is 0 Å². The number of para-hydroxylation sites is 2. The lowest BCUT2D eigenvalue weighted by Gasteiger charge is -2.11. The molecule has 0 radical (unpaired) electrons. The molecule has 0 amide bonds. The number of ketones is 1. The van der Waals surface area contributed by atoms with Gasteiger partial charge in [-0.3, -0.25) is 4.79 Å². The average Bonchev–Trinajstić information content (AvgIpc) is 3.05. The summed E-state index contributed by atoms with van der Waals surface area (Å²) in [4.78, 5) is 24.6. The van der Waals surface area contributed by atoms with Gasteiger partial charge in [0, 0.05) is 23.5 Å². The van der Waals surface area contributed by atoms with E-state index < -0.39 is 5.97 Å². The van der Waals surface area contributed by atoms with Crippen molar-refractivity contribution in [3.05, 3.63) is 83.2 Å². The van der Waals surface area contributed by atoms with Gasteiger partial charge < -0.3 is 18.8 Å². The number of carbonyl (C=O) groups is 2. The van der Waals surface area contributed by atoms with Crippen LogP contribution >= 0.6 is 0 Å². The first-order valence-electron chi connectivity index (χ1n) is 9.65. The van der Waals surface area contributed by atoms with E-state index in [2.05, 4.69) is 4.57 Å². The molecule has 0 saturated carbocycles. The maximum atomic E-state index is 12.6. The van der Waals surface area contributed by atoms with E-state index in [0.717, 1.165) is 17.0 Å². The lowest BCUT2D eigenvalue weighted by molar-refractivity contribution is -0.144. The first kappa shape index (κ1) is 21.2. The number of benzene rings is 2. The summed E-state index contributed by atoms with van der Waals surface area (Å²) in [7, 11) is 1.52. The van der Waals surface area contributed by atoms with Crippen molar-refractivity contribution in [2.45, 2.75) is 20.4 Å². The molecule has 6 heteroatoms. The van der Waals surface area contributed by atoms with E-state index in [1.165, 1.54) is 7.11 Å². The third-order valence-corrected chi connectivity index (χ3v) is 4.84. The van der Waals surface area contributed by atoms with Crippen LogP contribution in [-0.4, -0.2) is 36.6 Å². The number of methoxy groups -OCH3 is 1. The van der Waals surface area contributed by atoms with Crippen molar-refractivity contribution in [3.63, 3.8) is 0 Å². The van der Waals surface area contributed by atoms with Crippen LogP contribution in [0.3, 0.4) is 0 Å². The Kier molecular flexibility index (Phi) is 6.91. The number of hydrogen-bond donors (Lipinski definition) is 0. The molecule has 156 valence electrons. The minimum atomic E-state index is -0.618. The van der Waals surface area contributed by atoms with Crippen molar-refractivity contribution in [2.75, 3.05) is 20.3 Å². The Morgan fingerprint density at radius 2 is 1.57 bits per heavy atom. The number of rotatable bonds is 9. The molecular weight excluding hydrogens is 382 g/mol. The van der Waals surface area contributed by atoms with Crippen LogP contribution in [0, 0.1) is 13.8 Å². The molecule has 0 spiro atoms. The molecule has 0 aliphatic heterocycles. The van der Waals surface area contributed by atoms with E-state index in [-0.39, 0.29) is 19.0 Å². The molecule has 1 aromatic heterocycles. The molecule has 0 aliphatic carbocycles. The number of Topliss-reactive ketones (excluding diaryl/α,β-unsaturated/α-hetero) is 1. The first-order chi connectivity index (χ1) is 14.5. The lowest BCUT2D eigenvalue weighted by Crippen LogP contribution is -2.20. The summed E-state index contributed by atoms with van der Waals surface area (Å²) in [6.45, 7) is 3.90. The number of aryl methyl sites for hydroxylation is 1. The van der Waals surface area contributed by atoms with Gasteiger partial charge in [0.15, 0.2) is 24.7 Å². The SMILES string of the molecule is COc1ccccc1OCC(=O)OCC(=O)c1cc(C)n(Cc2ccccc2)c1C. The van der Waals surface area contributed by atoms with Gasteiger partial charge in [-0.1, -0.05) is 42.5 Å². The molecule has 0 bridgehead atoms. The Morgan fingerprint density at radius 3 is 2.27 bits per heavy atom. The molecule has 0 aliphatic rings. The van der Waals surface area contributed by atoms with Crippen LogP contribution in [0.25, 0.3) is 0 Å². The third kappa shape index (κ3) is 5.08. The number of hydrogen-bond acceptors (Lipinski definition) is 5. The summed E-state index contributed by atoms with van der Waals surface area (Å²) < 4.78 is 17.8. The van der Waals surface area contributed by atoms with Gasteiger partial charge in [-0.05, 0) is 37.6 Å². The Morgan fingerprint density at radius 1 is 0.900 bits per heavy atom. The number of ether oxygens (including phenoxy) is 3. The van der Waals surface area contributed by atoms with Crippen molar-refractivity contribution in [1.82, 2.24) is 4.57 Å². The number of carbonyl (C=O) groups excluding carboxylic acids is 2. The number of aromatic nitrogens is 1. The molecule has 0 unspecified atom stereocenters. The number of esters is 1. The summed E-state index contributed by atoms with van der Waals surface area (Å²) >= 11 is 0. The maximum absolute atomic E-state index is 12.6. The van der Waals surface area contributed by atoms with E-state index in [0.29, 0.717) is 23.6 Å². The van der Waals surface area contributed by atoms with Gasteiger partial charge in [-0.25, -0.2) is 4.79 Å². The zero-order valence-electron chi connectivity index (χ0n) is 17.4. The zero-order chi connectivity index (χ0) is 21.5. The monoisotopic (exact) mass is 407 g/mol. The van der Waals surface area contributed by atoms with Crippen LogP contribution in [-0.2, 0) is 16.1 Å². The largest absolute Gasteiger partial charge is 0.493 e. The molecule has 30 heavy (non-hydrogen) atoms. The molecule has 0 atom stereocenters. The summed E-state index contributed by atoms with van der Waals surface area (Å²) in [6, 6.07) is 18.9. The highest BCUT2D eigenvalue weighted by Gasteiger charge is 2.18. The van der Waals surface area contributed by atoms with Gasteiger partial charge in [0.1, 0.15) is 0 Å². The van der Waals surface area contributed by atoms with Gasteiger partial charge in [-0.15, -0.1) is 0 Å². The van der Waals surface area contributed by atoms with Gasteiger partial charge in [0.25, 0.3) is 0 Å². The molecule has 1 heterocycles. The van der Waals surface area contributed by atoms with E-state index in [1.807, 2.05) is 50.2 Å². The predicted octanol–water partition coefficient (Wildman–Crippen LogP) is 3.97. The van der Waals surface area contributed by atoms with Crippen LogP contribution in [0.4, 0.5) is 0 Å². The normalized spacial score (nSPS) is 10.5. The van der Waals surface area contributed by atoms with Crippen LogP contribution in [0.15, 0.2) is 60.7 Å². The van der Waals surface area contributed by atoms with E-state index >= 15 is 0 Å². The Hall–Kier alpha value is -3.54. The average molecular weight is 407 g/mol. The predicted molar refractivity (Wildman–Crippen MR) is 113 cm³/mol. The molecule has 0 N–H and O–H groups in total. The lowest BCUT2D eigenvalue weighted by atomic mass is 10.1. The fourth-order valence-corrected chi connectivity index (χ4v) is 3.23. The highest BCUT2D eigenvalue weighted by molar-refractivity contribution is 5.99. The van der Waals surface area contributed by atoms with Crippen molar-refractivity contribution in [1.29, 1.82) is 0 Å². The molecule has 2 aromatic carbocycles. The van der Waals surface area contributed by atoms with Crippen molar-refractivity contribution in [3.8, 4) is 11.5 Å². The Balaban J connectivity index is 1.57. The van der Waals surface area contributed by atoms with Crippen LogP contribution in [0.5, 0.6) is 11.5 Å². The summed E-state index contributed by atoms with van der Waals surface area (Å²) in [5, 5.41) is 0. The van der Waals surface area contributed by atoms with E-state index in [9.17, 15) is 9.59 Å². The number of nitrogens with zero attached hydrogens (tertiary/aromatic N) is 1. The smallest absolute Gasteiger partial charge is 0.344 e. The fourth-order valence-electron chi connectivity index (χ4n) is 3.23. The first-order valence-corrected chi connectivity index (χ1v) is 9.65. The Bertz CT molecular complexity index is 1020. The zero-order valence-corrected chi connectivity index (χ0v) is 17.4. The van der Waals surface area contributed by atoms with Gasteiger partial charge in [-0.2, -0.15) is 0 Å². The highest BCUT2D eigenvalue weighted by atomic mass is 16.6. The van der Waals surface area contributed by atoms with Gasteiger partial charge in [0.2, 0.25) is 5.78 Å². The Labute approximate surface area is 176 Å². The minimum absolute atomic E-state index is 0.243. The summed E-state index contributed by atoms with van der Waals surface area (Å²) in [5.41, 5.74) is 3.54. The molecule has 0 saturated heterocycles. The summed E-state index contributed by atoms with van der Waals surface area (Å²) in [5.74, 6) is 0.0976. The second-order valence-electron chi connectivity index (χ2n) is 6.88. The van der Waals surface area contributed by atoms with Crippen molar-refractivity contribution >= 4 is 11.8 Å². The minimum Gasteiger partial charge on any atom is -0.493 e. The molecule has 6 nitrogen and oxygen atoms in total. The molecule has 3 aromatic rings. The van der Waals surface area contributed by atoms with Crippen LogP contribution < -0.4 is 9.47 Å². The molecule has 3 rings (SSSR count). The van der Waals surface area contributed by atoms with E-state index in [4.69, 9.17) is 14.2 Å². The maximum Gasteiger partial charge on any atom is 0.344 e. The third-order valence-electron chi connectivity index (χ3n) is 4.84. The molecular formula is C24H25NO5. The summed E-state index contributed by atoms with van der Waals surface area (Å²) in [6.07, 6.45) is 0. The molecule has 0 fully saturated rings.